The number of aromatic nitrogens is 1. The van der Waals surface area contributed by atoms with Gasteiger partial charge in [0.2, 0.25) is 0 Å². The fraction of sp³-hybridized carbons (Fsp3) is 0.0357. The van der Waals surface area contributed by atoms with Crippen LogP contribution in [-0.2, 0) is 6.42 Å². The minimum atomic E-state index is 1.10. The highest BCUT2D eigenvalue weighted by Crippen LogP contribution is 2.46. The lowest BCUT2D eigenvalue weighted by Crippen LogP contribution is -2.10. The summed E-state index contributed by atoms with van der Waals surface area (Å²) in [6, 6.07) is 71.6. The second kappa shape index (κ2) is 13.7. The van der Waals surface area contributed by atoms with Gasteiger partial charge in [-0.1, -0.05) is 146 Å². The summed E-state index contributed by atoms with van der Waals surface area (Å²) in [6.07, 6.45) is 6.82. The lowest BCUT2D eigenvalue weighted by atomic mass is 9.90. The van der Waals surface area contributed by atoms with Crippen molar-refractivity contribution in [1.29, 1.82) is 0 Å². The molecule has 0 radical (unpaired) electrons. The quantitative estimate of drug-likeness (QED) is 0.163. The van der Waals surface area contributed by atoms with E-state index in [0.717, 1.165) is 29.9 Å². The molecule has 0 aliphatic heterocycles. The number of benzene rings is 9. The van der Waals surface area contributed by atoms with Crippen LogP contribution in [0.5, 0.6) is 0 Å². The molecule has 2 nitrogen and oxygen atoms in total. The van der Waals surface area contributed by atoms with Crippen molar-refractivity contribution in [2.24, 2.45) is 0 Å². The van der Waals surface area contributed by atoms with Crippen molar-refractivity contribution < 1.29 is 0 Å². The van der Waals surface area contributed by atoms with Crippen molar-refractivity contribution in [3.8, 4) is 27.9 Å². The highest BCUT2D eigenvalue weighted by Gasteiger charge is 2.20. The highest BCUT2D eigenvalue weighted by atomic mass is 32.1. The first-order chi connectivity index (χ1) is 29.3. The zero-order chi connectivity index (χ0) is 38.9. The summed E-state index contributed by atoms with van der Waals surface area (Å²) < 4.78 is 5.00. The number of nitrogens with zero attached hydrogens (tertiary/aromatic N) is 2. The maximum absolute atomic E-state index is 2.43. The summed E-state index contributed by atoms with van der Waals surface area (Å²) in [6.45, 7) is 0. The third-order valence-corrected chi connectivity index (χ3v) is 13.5. The van der Waals surface area contributed by atoms with Crippen LogP contribution in [0.4, 0.5) is 17.1 Å². The Morgan fingerprint density at radius 1 is 0.475 bits per heavy atom. The molecule has 59 heavy (non-hydrogen) atoms. The Hall–Kier alpha value is -7.20. The molecule has 9 aromatic carbocycles. The van der Waals surface area contributed by atoms with Crippen molar-refractivity contribution in [1.82, 2.24) is 4.57 Å². The molecule has 0 bridgehead atoms. The largest absolute Gasteiger partial charge is 0.309 e. The summed E-state index contributed by atoms with van der Waals surface area (Å²) in [5.74, 6) is 0. The van der Waals surface area contributed by atoms with Gasteiger partial charge in [-0.05, 0) is 118 Å². The molecule has 0 unspecified atom stereocenters. The first-order valence-corrected chi connectivity index (χ1v) is 21.3. The fourth-order valence-corrected chi connectivity index (χ4v) is 10.7. The SMILES string of the molecule is C1=Cc2c(cccc2-c2ccc(N(c3ccc(-c4ccc(-n5c6ccccc6c6c7ccccc7ccc65)cc4)cc3)c3cccc4c3sc3ccccc34)cc2)CC1. The van der Waals surface area contributed by atoms with Gasteiger partial charge in [0, 0.05) is 43.3 Å². The summed E-state index contributed by atoms with van der Waals surface area (Å²) >= 11 is 1.87. The molecule has 0 spiro atoms. The average Bonchev–Trinajstić information content (AvgIpc) is 3.86. The van der Waals surface area contributed by atoms with E-state index in [4.69, 9.17) is 0 Å². The Kier molecular flexibility index (Phi) is 7.89. The summed E-state index contributed by atoms with van der Waals surface area (Å²) in [7, 11) is 0. The number of allylic oxidation sites excluding steroid dienone is 1. The minimum absolute atomic E-state index is 1.10. The molecule has 0 saturated heterocycles. The third-order valence-electron chi connectivity index (χ3n) is 12.3. The van der Waals surface area contributed by atoms with Gasteiger partial charge in [0.05, 0.1) is 21.4 Å². The molecule has 0 saturated carbocycles. The van der Waals surface area contributed by atoms with Gasteiger partial charge >= 0.3 is 0 Å². The fourth-order valence-electron chi connectivity index (χ4n) is 9.47. The number of hydrogen-bond acceptors (Lipinski definition) is 2. The molecule has 12 rings (SSSR count). The number of para-hydroxylation sites is 1. The number of fused-ring (bicyclic) bond motifs is 9. The van der Waals surface area contributed by atoms with E-state index >= 15 is 0 Å². The Morgan fingerprint density at radius 2 is 1.14 bits per heavy atom. The zero-order valence-electron chi connectivity index (χ0n) is 32.3. The van der Waals surface area contributed by atoms with Crippen LogP contribution in [0, 0.1) is 0 Å². The van der Waals surface area contributed by atoms with Gasteiger partial charge in [-0.3, -0.25) is 0 Å². The zero-order valence-corrected chi connectivity index (χ0v) is 33.2. The lowest BCUT2D eigenvalue weighted by Gasteiger charge is -2.26. The first-order valence-electron chi connectivity index (χ1n) is 20.5. The molecule has 0 amide bonds. The van der Waals surface area contributed by atoms with Crippen molar-refractivity contribution in [3.05, 3.63) is 211 Å². The molecule has 1 aliphatic carbocycles. The van der Waals surface area contributed by atoms with Gasteiger partial charge in [-0.2, -0.15) is 0 Å². The van der Waals surface area contributed by atoms with E-state index in [-0.39, 0.29) is 0 Å². The summed E-state index contributed by atoms with van der Waals surface area (Å²) in [5.41, 5.74) is 14.7. The molecule has 3 heteroatoms. The van der Waals surface area contributed by atoms with Crippen LogP contribution in [0.1, 0.15) is 17.5 Å². The van der Waals surface area contributed by atoms with Gasteiger partial charge in [-0.15, -0.1) is 11.3 Å². The van der Waals surface area contributed by atoms with Gasteiger partial charge < -0.3 is 9.47 Å². The minimum Gasteiger partial charge on any atom is -0.309 e. The number of thiophene rings is 1. The Balaban J connectivity index is 0.936. The van der Waals surface area contributed by atoms with Crippen molar-refractivity contribution in [2.45, 2.75) is 12.8 Å². The second-order valence-electron chi connectivity index (χ2n) is 15.6. The van der Waals surface area contributed by atoms with Crippen LogP contribution in [-0.4, -0.2) is 4.57 Å². The standard InChI is InChI=1S/C56H38N2S/c1-3-14-45-39(11-1)13-9-18-46(45)41-27-34-43(35-28-41)57(53-21-10-19-49-48-16-6-8-22-54(48)59-56(49)53)42-30-23-37(24-31-42)38-25-32-44(33-26-38)58-51-20-7-5-17-50(51)55-47-15-4-2-12-40(47)29-36-52(55)58/h2-10,12-36H,1,11H2. The maximum Gasteiger partial charge on any atom is 0.0640 e. The van der Waals surface area contributed by atoms with Crippen molar-refractivity contribution in [3.63, 3.8) is 0 Å². The monoisotopic (exact) mass is 770 g/mol. The maximum atomic E-state index is 2.43. The second-order valence-corrected chi connectivity index (χ2v) is 16.6. The molecule has 2 heterocycles. The average molecular weight is 771 g/mol. The van der Waals surface area contributed by atoms with E-state index in [1.807, 2.05) is 11.3 Å². The Morgan fingerprint density at radius 3 is 1.95 bits per heavy atom. The van der Waals surface area contributed by atoms with E-state index in [1.165, 1.54) is 91.8 Å². The molecular weight excluding hydrogens is 733 g/mol. The van der Waals surface area contributed by atoms with E-state index < -0.39 is 0 Å². The molecule has 11 aromatic rings. The van der Waals surface area contributed by atoms with Crippen LogP contribution in [0.15, 0.2) is 200 Å². The number of anilines is 3. The van der Waals surface area contributed by atoms with Crippen LogP contribution >= 0.6 is 11.3 Å². The smallest absolute Gasteiger partial charge is 0.0640 e. The molecule has 0 atom stereocenters. The third kappa shape index (κ3) is 5.54. The van der Waals surface area contributed by atoms with E-state index in [9.17, 15) is 0 Å². The van der Waals surface area contributed by atoms with Crippen LogP contribution in [0.25, 0.3) is 86.8 Å². The molecule has 0 N–H and O–H groups in total. The van der Waals surface area contributed by atoms with Gasteiger partial charge in [0.25, 0.3) is 0 Å². The first kappa shape index (κ1) is 33.9. The predicted octanol–water partition coefficient (Wildman–Crippen LogP) is 16.1. The number of rotatable bonds is 6. The molecule has 2 aromatic heterocycles. The van der Waals surface area contributed by atoms with E-state index in [2.05, 4.69) is 216 Å². The molecule has 278 valence electrons. The van der Waals surface area contributed by atoms with Gasteiger partial charge in [0.15, 0.2) is 0 Å². The summed E-state index contributed by atoms with van der Waals surface area (Å²) in [4.78, 5) is 2.43. The lowest BCUT2D eigenvalue weighted by molar-refractivity contribution is 0.986. The normalized spacial score (nSPS) is 12.5. The summed E-state index contributed by atoms with van der Waals surface area (Å²) in [5, 5.41) is 7.74. The van der Waals surface area contributed by atoms with Gasteiger partial charge in [-0.25, -0.2) is 0 Å². The molecule has 0 fully saturated rings. The molecule has 1 aliphatic rings. The van der Waals surface area contributed by atoms with E-state index in [0.29, 0.717) is 0 Å². The van der Waals surface area contributed by atoms with Crippen LogP contribution < -0.4 is 4.90 Å². The molecular formula is C56H38N2S. The Labute approximate surface area is 347 Å². The predicted molar refractivity (Wildman–Crippen MR) is 254 cm³/mol. The van der Waals surface area contributed by atoms with Crippen LogP contribution in [0.3, 0.4) is 0 Å². The van der Waals surface area contributed by atoms with E-state index in [1.54, 1.807) is 0 Å². The van der Waals surface area contributed by atoms with Crippen molar-refractivity contribution in [2.75, 3.05) is 4.90 Å². The Bertz CT molecular complexity index is 3420. The number of hydrogen-bond donors (Lipinski definition) is 0. The van der Waals surface area contributed by atoms with Crippen LogP contribution in [0.2, 0.25) is 0 Å². The van der Waals surface area contributed by atoms with Gasteiger partial charge in [0.1, 0.15) is 0 Å². The topological polar surface area (TPSA) is 8.17 Å². The number of aryl methyl sites for hydroxylation is 1. The highest BCUT2D eigenvalue weighted by molar-refractivity contribution is 7.26. The van der Waals surface area contributed by atoms with Crippen molar-refractivity contribution >= 4 is 87.2 Å².